The van der Waals surface area contributed by atoms with Crippen molar-refractivity contribution in [1.29, 1.82) is 0 Å². The number of rotatable bonds is 13. The third-order valence-electron chi connectivity index (χ3n) is 7.43. The zero-order valence-corrected chi connectivity index (χ0v) is 26.0. The van der Waals surface area contributed by atoms with E-state index in [2.05, 4.69) is 30.4 Å². The zero-order chi connectivity index (χ0) is 32.2. The molecule has 13 nitrogen and oxygen atoms in total. The quantitative estimate of drug-likeness (QED) is 0.132. The molecule has 236 valence electrons. The van der Waals surface area contributed by atoms with Crippen molar-refractivity contribution < 1.29 is 18.3 Å². The van der Waals surface area contributed by atoms with Gasteiger partial charge in [-0.05, 0) is 56.2 Å². The third kappa shape index (κ3) is 7.84. The molecule has 3 heterocycles. The summed E-state index contributed by atoms with van der Waals surface area (Å²) in [4.78, 5) is 33.3. The molecular weight excluding hydrogens is 596 g/mol. The van der Waals surface area contributed by atoms with Crippen molar-refractivity contribution in [3.63, 3.8) is 0 Å². The Labute approximate surface area is 260 Å². The van der Waals surface area contributed by atoms with Gasteiger partial charge in [-0.25, -0.2) is 18.4 Å². The van der Waals surface area contributed by atoms with Crippen molar-refractivity contribution in [2.45, 2.75) is 49.9 Å². The van der Waals surface area contributed by atoms with Crippen LogP contribution in [0.4, 0.5) is 5.69 Å². The summed E-state index contributed by atoms with van der Waals surface area (Å²) in [7, 11) is -2.14. The van der Waals surface area contributed by atoms with Crippen LogP contribution in [0.15, 0.2) is 88.9 Å². The predicted octanol–water partition coefficient (Wildman–Crippen LogP) is 2.68. The Balaban J connectivity index is 1.14. The smallest absolute Gasteiger partial charge is 0.266 e. The van der Waals surface area contributed by atoms with E-state index in [1.54, 1.807) is 61.9 Å². The molecule has 0 bridgehead atoms. The summed E-state index contributed by atoms with van der Waals surface area (Å²) in [5.41, 5.74) is 2.57. The molecule has 5 aromatic rings. The number of aromatic amines is 1. The molecule has 0 unspecified atom stereocenters. The van der Waals surface area contributed by atoms with E-state index in [4.69, 9.17) is 0 Å². The standard InChI is InChI=1S/C31H36N8O5S/c1-31(2,35-19-27(40)21-8-7-9-23(14-21)37-45(43,44)25-10-5-4-6-11-25)12-13-39-20-34-26-15-22(17-32-29(26)39)30(42)33-18-24-16-28(41)38(3)36-24/h4-11,14-17,20,27,35-37,40H,12-13,18-19H2,1-3H3,(H,33,42)/t27-/m0/s1. The molecule has 1 amide bonds. The number of hydrogen-bond donors (Lipinski definition) is 5. The normalized spacial score (nSPS) is 12.7. The third-order valence-corrected chi connectivity index (χ3v) is 8.82. The summed E-state index contributed by atoms with van der Waals surface area (Å²) in [6.45, 7) is 5.07. The highest BCUT2D eigenvalue weighted by atomic mass is 32.2. The van der Waals surface area contributed by atoms with Gasteiger partial charge in [0.1, 0.15) is 5.52 Å². The van der Waals surface area contributed by atoms with E-state index in [1.807, 2.05) is 18.4 Å². The van der Waals surface area contributed by atoms with E-state index in [9.17, 15) is 23.1 Å². The first-order valence-electron chi connectivity index (χ1n) is 14.4. The molecule has 45 heavy (non-hydrogen) atoms. The minimum absolute atomic E-state index is 0.157. The first kappa shape index (κ1) is 31.6. The van der Waals surface area contributed by atoms with Crippen LogP contribution in [0.1, 0.15) is 48.0 Å². The van der Waals surface area contributed by atoms with Crippen molar-refractivity contribution in [2.24, 2.45) is 7.05 Å². The van der Waals surface area contributed by atoms with Gasteiger partial charge in [0.05, 0.1) is 35.1 Å². The second kappa shape index (κ2) is 13.1. The van der Waals surface area contributed by atoms with Gasteiger partial charge >= 0.3 is 0 Å². The van der Waals surface area contributed by atoms with E-state index in [-0.39, 0.29) is 35.0 Å². The summed E-state index contributed by atoms with van der Waals surface area (Å²) < 4.78 is 31.2. The van der Waals surface area contributed by atoms with E-state index < -0.39 is 16.1 Å². The lowest BCUT2D eigenvalue weighted by Gasteiger charge is -2.28. The maximum absolute atomic E-state index is 12.7. The molecule has 0 spiro atoms. The van der Waals surface area contributed by atoms with Crippen LogP contribution in [0.5, 0.6) is 0 Å². The molecule has 1 atom stereocenters. The number of aryl methyl sites for hydroxylation is 2. The Morgan fingerprint density at radius 3 is 2.58 bits per heavy atom. The minimum atomic E-state index is -3.75. The maximum atomic E-state index is 12.7. The van der Waals surface area contributed by atoms with E-state index in [0.29, 0.717) is 46.6 Å². The highest BCUT2D eigenvalue weighted by Crippen LogP contribution is 2.22. The molecule has 0 aliphatic rings. The predicted molar refractivity (Wildman–Crippen MR) is 170 cm³/mol. The Morgan fingerprint density at radius 2 is 1.84 bits per heavy atom. The number of nitrogens with zero attached hydrogens (tertiary/aromatic N) is 4. The summed E-state index contributed by atoms with van der Waals surface area (Å²) in [5, 5.41) is 19.9. The number of aliphatic hydroxyl groups is 1. The van der Waals surface area contributed by atoms with Crippen molar-refractivity contribution in [1.82, 2.24) is 34.9 Å². The van der Waals surface area contributed by atoms with E-state index >= 15 is 0 Å². The van der Waals surface area contributed by atoms with Gasteiger partial charge in [-0.1, -0.05) is 30.3 Å². The van der Waals surface area contributed by atoms with Gasteiger partial charge in [0.2, 0.25) is 0 Å². The molecule has 0 saturated heterocycles. The Hall–Kier alpha value is -4.79. The van der Waals surface area contributed by atoms with Gasteiger partial charge in [-0.3, -0.25) is 24.1 Å². The maximum Gasteiger partial charge on any atom is 0.266 e. The molecule has 0 radical (unpaired) electrons. The van der Waals surface area contributed by atoms with Crippen LogP contribution < -0.4 is 20.9 Å². The van der Waals surface area contributed by atoms with Crippen LogP contribution in [0.3, 0.4) is 0 Å². The van der Waals surface area contributed by atoms with Crippen LogP contribution in [0, 0.1) is 0 Å². The van der Waals surface area contributed by atoms with Crippen molar-refractivity contribution in [2.75, 3.05) is 11.3 Å². The number of β-amino-alcohol motifs (C(OH)–C–C–N with tert-alkyl or cyclic N) is 1. The SMILES string of the molecule is Cn1[nH]c(CNC(=O)c2cnc3c(c2)ncn3CCC(C)(C)NC[C@H](O)c2cccc(NS(=O)(=O)c3ccccc3)c2)cc1=O. The van der Waals surface area contributed by atoms with Gasteiger partial charge in [-0.2, -0.15) is 0 Å². The lowest BCUT2D eigenvalue weighted by Crippen LogP contribution is -2.42. The van der Waals surface area contributed by atoms with Crippen LogP contribution in [-0.4, -0.2) is 55.8 Å². The molecule has 0 aliphatic carbocycles. The molecule has 2 aromatic carbocycles. The van der Waals surface area contributed by atoms with Gasteiger partial charge in [0.25, 0.3) is 21.5 Å². The fourth-order valence-corrected chi connectivity index (χ4v) is 5.83. The second-order valence-corrected chi connectivity index (χ2v) is 13.1. The van der Waals surface area contributed by atoms with Gasteiger partial charge in [0.15, 0.2) is 5.65 Å². The first-order chi connectivity index (χ1) is 21.4. The number of amides is 1. The van der Waals surface area contributed by atoms with Crippen molar-refractivity contribution >= 4 is 32.8 Å². The largest absolute Gasteiger partial charge is 0.387 e. The number of sulfonamides is 1. The average molecular weight is 633 g/mol. The van der Waals surface area contributed by atoms with Gasteiger partial charge in [0, 0.05) is 43.6 Å². The number of benzene rings is 2. The number of aliphatic hydroxyl groups excluding tert-OH is 1. The number of imidazole rings is 1. The Kier molecular flexibility index (Phi) is 9.18. The minimum Gasteiger partial charge on any atom is -0.387 e. The first-order valence-corrected chi connectivity index (χ1v) is 15.8. The molecule has 0 fully saturated rings. The van der Waals surface area contributed by atoms with Gasteiger partial charge < -0.3 is 20.3 Å². The molecule has 5 rings (SSSR count). The highest BCUT2D eigenvalue weighted by molar-refractivity contribution is 7.92. The number of anilines is 1. The lowest BCUT2D eigenvalue weighted by atomic mass is 9.99. The summed E-state index contributed by atoms with van der Waals surface area (Å²) in [6.07, 6.45) is 2.99. The number of H-pyrrole nitrogens is 1. The fourth-order valence-electron chi connectivity index (χ4n) is 4.76. The van der Waals surface area contributed by atoms with Crippen LogP contribution in [-0.2, 0) is 30.2 Å². The van der Waals surface area contributed by atoms with Gasteiger partial charge in [-0.15, -0.1) is 0 Å². The van der Waals surface area contributed by atoms with Crippen LogP contribution in [0.25, 0.3) is 11.2 Å². The molecule has 3 aromatic heterocycles. The summed E-state index contributed by atoms with van der Waals surface area (Å²) in [6, 6.07) is 17.9. The Bertz CT molecular complexity index is 1960. The second-order valence-electron chi connectivity index (χ2n) is 11.4. The molecule has 14 heteroatoms. The molecule has 0 saturated carbocycles. The fraction of sp³-hybridized carbons (Fsp3) is 0.290. The number of aromatic nitrogens is 5. The summed E-state index contributed by atoms with van der Waals surface area (Å²) in [5.74, 6) is -0.327. The average Bonchev–Trinajstić information content (AvgIpc) is 3.59. The number of fused-ring (bicyclic) bond motifs is 1. The monoisotopic (exact) mass is 632 g/mol. The molecule has 5 N–H and O–H groups in total. The zero-order valence-electron chi connectivity index (χ0n) is 25.2. The number of nitrogens with one attached hydrogen (secondary N) is 4. The topological polar surface area (TPSA) is 176 Å². The van der Waals surface area contributed by atoms with E-state index in [1.165, 1.54) is 29.1 Å². The van der Waals surface area contributed by atoms with Crippen LogP contribution >= 0.6 is 0 Å². The highest BCUT2D eigenvalue weighted by Gasteiger charge is 2.21. The molecular formula is C31H36N8O5S. The number of carbonyl (C=O) groups is 1. The summed E-state index contributed by atoms with van der Waals surface area (Å²) >= 11 is 0. The lowest BCUT2D eigenvalue weighted by molar-refractivity contribution is 0.0950. The Morgan fingerprint density at radius 1 is 1.07 bits per heavy atom. The van der Waals surface area contributed by atoms with Crippen LogP contribution in [0.2, 0.25) is 0 Å². The molecule has 0 aliphatic heterocycles. The van der Waals surface area contributed by atoms with Crippen molar-refractivity contribution in [3.8, 4) is 0 Å². The number of carbonyl (C=O) groups excluding carboxylic acids is 1. The van der Waals surface area contributed by atoms with E-state index in [0.717, 1.165) is 0 Å². The van der Waals surface area contributed by atoms with Crippen molar-refractivity contribution in [3.05, 3.63) is 106 Å². The number of pyridine rings is 1. The number of hydrogen-bond acceptors (Lipinski definition) is 8.